The second-order valence-corrected chi connectivity index (χ2v) is 5.37. The molecule has 0 saturated carbocycles. The summed E-state index contributed by atoms with van der Waals surface area (Å²) in [5, 5.41) is 0.586. The average molecular weight is 268 g/mol. The Bertz CT molecular complexity index is 405. The largest absolute Gasteiger partial charge is 0.397 e. The number of halogens is 1. The molecule has 100 valence electrons. The standard InChI is InChI=1S/C15H22ClNO/c1-4-5-6-13(11(3)18)8-12-7-10(2)15(17)14(16)9-12/h7,9,13H,4-6,8,17H2,1-3H3/t13-/m1/s1. The third kappa shape index (κ3) is 4.02. The Hall–Kier alpha value is -1.02. The molecule has 3 heteroatoms. The molecule has 0 amide bonds. The van der Waals surface area contributed by atoms with E-state index < -0.39 is 0 Å². The van der Waals surface area contributed by atoms with E-state index in [0.29, 0.717) is 10.7 Å². The Morgan fingerprint density at radius 1 is 1.44 bits per heavy atom. The van der Waals surface area contributed by atoms with Crippen molar-refractivity contribution in [2.24, 2.45) is 5.92 Å². The molecular weight excluding hydrogens is 246 g/mol. The van der Waals surface area contributed by atoms with Crippen LogP contribution in [0.15, 0.2) is 12.1 Å². The van der Waals surface area contributed by atoms with Crippen molar-refractivity contribution in [2.75, 3.05) is 5.73 Å². The number of Topliss-reactive ketones (excluding diaryl/α,β-unsaturated/α-hetero) is 1. The molecule has 1 aromatic carbocycles. The van der Waals surface area contributed by atoms with Crippen LogP contribution in [0.3, 0.4) is 0 Å². The molecule has 0 aromatic heterocycles. The number of nitrogen functional groups attached to an aromatic ring is 1. The highest BCUT2D eigenvalue weighted by atomic mass is 35.5. The SMILES string of the molecule is CCCC[C@H](Cc1cc(C)c(N)c(Cl)c1)C(C)=O. The van der Waals surface area contributed by atoms with Crippen molar-refractivity contribution >= 4 is 23.1 Å². The summed E-state index contributed by atoms with van der Waals surface area (Å²) in [6.45, 7) is 5.76. The number of hydrogen-bond acceptors (Lipinski definition) is 2. The average Bonchev–Trinajstić information content (AvgIpc) is 2.30. The fourth-order valence-corrected chi connectivity index (χ4v) is 2.42. The summed E-state index contributed by atoms with van der Waals surface area (Å²) in [5.41, 5.74) is 8.54. The van der Waals surface area contributed by atoms with Crippen LogP contribution in [0.4, 0.5) is 5.69 Å². The molecule has 0 aliphatic rings. The maximum atomic E-state index is 11.6. The quantitative estimate of drug-likeness (QED) is 0.786. The zero-order valence-electron chi connectivity index (χ0n) is 11.4. The van der Waals surface area contributed by atoms with Gasteiger partial charge in [-0.25, -0.2) is 0 Å². The molecule has 2 nitrogen and oxygen atoms in total. The first-order chi connectivity index (χ1) is 8.45. The summed E-state index contributed by atoms with van der Waals surface area (Å²) in [6.07, 6.45) is 3.92. The predicted octanol–water partition coefficient (Wildman–Crippen LogP) is 4.17. The van der Waals surface area contributed by atoms with Gasteiger partial charge in [0.15, 0.2) is 0 Å². The number of nitrogens with two attached hydrogens (primary N) is 1. The number of aryl methyl sites for hydroxylation is 1. The highest BCUT2D eigenvalue weighted by Gasteiger charge is 2.15. The highest BCUT2D eigenvalue weighted by Crippen LogP contribution is 2.26. The predicted molar refractivity (Wildman–Crippen MR) is 78.0 cm³/mol. The molecule has 1 rings (SSSR count). The van der Waals surface area contributed by atoms with Gasteiger partial charge in [0.1, 0.15) is 5.78 Å². The number of benzene rings is 1. The van der Waals surface area contributed by atoms with Crippen LogP contribution in [-0.4, -0.2) is 5.78 Å². The molecule has 0 radical (unpaired) electrons. The molecule has 1 atom stereocenters. The van der Waals surface area contributed by atoms with Gasteiger partial charge in [0.25, 0.3) is 0 Å². The van der Waals surface area contributed by atoms with E-state index in [1.165, 1.54) is 0 Å². The van der Waals surface area contributed by atoms with Gasteiger partial charge in [-0.05, 0) is 43.9 Å². The normalized spacial score (nSPS) is 12.4. The van der Waals surface area contributed by atoms with E-state index in [1.54, 1.807) is 6.92 Å². The minimum atomic E-state index is 0.101. The Balaban J connectivity index is 2.84. The Morgan fingerprint density at radius 2 is 2.11 bits per heavy atom. The van der Waals surface area contributed by atoms with E-state index in [4.69, 9.17) is 17.3 Å². The molecule has 0 heterocycles. The van der Waals surface area contributed by atoms with Crippen LogP contribution >= 0.6 is 11.6 Å². The molecule has 0 fully saturated rings. The molecule has 0 bridgehead atoms. The van der Waals surface area contributed by atoms with E-state index >= 15 is 0 Å². The van der Waals surface area contributed by atoms with Crippen LogP contribution in [0.25, 0.3) is 0 Å². The third-order valence-corrected chi connectivity index (χ3v) is 3.67. The van der Waals surface area contributed by atoms with Crippen LogP contribution in [-0.2, 0) is 11.2 Å². The monoisotopic (exact) mass is 267 g/mol. The lowest BCUT2D eigenvalue weighted by Crippen LogP contribution is -2.14. The number of carbonyl (C=O) groups is 1. The Labute approximate surface area is 115 Å². The van der Waals surface area contributed by atoms with Crippen molar-refractivity contribution < 1.29 is 4.79 Å². The van der Waals surface area contributed by atoms with Crippen molar-refractivity contribution in [1.29, 1.82) is 0 Å². The minimum absolute atomic E-state index is 0.101. The van der Waals surface area contributed by atoms with E-state index in [9.17, 15) is 4.79 Å². The van der Waals surface area contributed by atoms with Crippen LogP contribution < -0.4 is 5.73 Å². The summed E-state index contributed by atoms with van der Waals surface area (Å²) in [4.78, 5) is 11.6. The Morgan fingerprint density at radius 3 is 2.61 bits per heavy atom. The molecule has 18 heavy (non-hydrogen) atoms. The van der Waals surface area contributed by atoms with Crippen molar-refractivity contribution in [1.82, 2.24) is 0 Å². The number of ketones is 1. The molecule has 0 unspecified atom stereocenters. The maximum Gasteiger partial charge on any atom is 0.133 e. The molecule has 0 saturated heterocycles. The summed E-state index contributed by atoms with van der Waals surface area (Å²) < 4.78 is 0. The summed E-state index contributed by atoms with van der Waals surface area (Å²) in [5.74, 6) is 0.359. The zero-order valence-corrected chi connectivity index (χ0v) is 12.2. The molecule has 0 spiro atoms. The van der Waals surface area contributed by atoms with Crippen LogP contribution in [0.2, 0.25) is 5.02 Å². The van der Waals surface area contributed by atoms with Gasteiger partial charge in [-0.15, -0.1) is 0 Å². The lowest BCUT2D eigenvalue weighted by atomic mass is 9.90. The Kier molecular flexibility index (Phi) is 5.67. The second-order valence-electron chi connectivity index (χ2n) is 4.96. The van der Waals surface area contributed by atoms with Crippen LogP contribution in [0.1, 0.15) is 44.2 Å². The van der Waals surface area contributed by atoms with E-state index in [1.807, 2.05) is 19.1 Å². The number of hydrogen-bond donors (Lipinski definition) is 1. The summed E-state index contributed by atoms with van der Waals surface area (Å²) in [6, 6.07) is 3.91. The lowest BCUT2D eigenvalue weighted by Gasteiger charge is -2.15. The van der Waals surface area contributed by atoms with E-state index in [2.05, 4.69) is 6.92 Å². The number of unbranched alkanes of at least 4 members (excludes halogenated alkanes) is 1. The van der Waals surface area contributed by atoms with Gasteiger partial charge in [0.05, 0.1) is 10.7 Å². The summed E-state index contributed by atoms with van der Waals surface area (Å²) >= 11 is 6.08. The first-order valence-corrected chi connectivity index (χ1v) is 6.88. The van der Waals surface area contributed by atoms with Crippen molar-refractivity contribution in [2.45, 2.75) is 46.5 Å². The van der Waals surface area contributed by atoms with E-state index in [-0.39, 0.29) is 11.7 Å². The van der Waals surface area contributed by atoms with Crippen LogP contribution in [0.5, 0.6) is 0 Å². The van der Waals surface area contributed by atoms with Gasteiger partial charge in [-0.2, -0.15) is 0 Å². The maximum absolute atomic E-state index is 11.6. The summed E-state index contributed by atoms with van der Waals surface area (Å²) in [7, 11) is 0. The first-order valence-electron chi connectivity index (χ1n) is 6.50. The number of carbonyl (C=O) groups excluding carboxylic acids is 1. The van der Waals surface area contributed by atoms with Gasteiger partial charge in [-0.1, -0.05) is 37.4 Å². The lowest BCUT2D eigenvalue weighted by molar-refractivity contribution is -0.120. The molecule has 0 aliphatic carbocycles. The number of rotatable bonds is 6. The molecule has 2 N–H and O–H groups in total. The van der Waals surface area contributed by atoms with Crippen LogP contribution in [0, 0.1) is 12.8 Å². The van der Waals surface area contributed by atoms with Gasteiger partial charge in [-0.3, -0.25) is 4.79 Å². The third-order valence-electron chi connectivity index (χ3n) is 3.36. The fourth-order valence-electron chi connectivity index (χ4n) is 2.13. The fraction of sp³-hybridized carbons (Fsp3) is 0.533. The number of anilines is 1. The molecular formula is C15H22ClNO. The van der Waals surface area contributed by atoms with Gasteiger partial charge in [0, 0.05) is 5.92 Å². The van der Waals surface area contributed by atoms with Gasteiger partial charge in [0.2, 0.25) is 0 Å². The van der Waals surface area contributed by atoms with Gasteiger partial charge >= 0.3 is 0 Å². The molecule has 0 aliphatic heterocycles. The smallest absolute Gasteiger partial charge is 0.133 e. The first kappa shape index (κ1) is 15.0. The minimum Gasteiger partial charge on any atom is -0.397 e. The zero-order chi connectivity index (χ0) is 13.7. The van der Waals surface area contributed by atoms with Gasteiger partial charge < -0.3 is 5.73 Å². The van der Waals surface area contributed by atoms with Crippen molar-refractivity contribution in [3.05, 3.63) is 28.3 Å². The van der Waals surface area contributed by atoms with Crippen molar-refractivity contribution in [3.63, 3.8) is 0 Å². The second kappa shape index (κ2) is 6.79. The topological polar surface area (TPSA) is 43.1 Å². The van der Waals surface area contributed by atoms with Crippen molar-refractivity contribution in [3.8, 4) is 0 Å². The highest BCUT2D eigenvalue weighted by molar-refractivity contribution is 6.33. The van der Waals surface area contributed by atoms with E-state index in [0.717, 1.165) is 36.8 Å². The molecule has 1 aromatic rings.